The van der Waals surface area contributed by atoms with E-state index in [-0.39, 0.29) is 48.4 Å². The Morgan fingerprint density at radius 3 is 1.35 bits per heavy atom. The fourth-order valence-electron chi connectivity index (χ4n) is 9.87. The van der Waals surface area contributed by atoms with Crippen LogP contribution in [0.5, 0.6) is 0 Å². The van der Waals surface area contributed by atoms with Crippen molar-refractivity contribution in [1.29, 1.82) is 0 Å². The van der Waals surface area contributed by atoms with Crippen molar-refractivity contribution < 1.29 is 40.7 Å². The first kappa shape index (κ1) is 60.0. The number of alkyl halides is 6. The molecule has 0 aliphatic carbocycles. The van der Waals surface area contributed by atoms with Gasteiger partial charge in [-0.2, -0.15) is 31.3 Å². The van der Waals surface area contributed by atoms with Gasteiger partial charge in [-0.25, -0.2) is 0 Å². The van der Waals surface area contributed by atoms with E-state index in [0.717, 1.165) is 44.1 Å². The maximum absolute atomic E-state index is 13.9. The van der Waals surface area contributed by atoms with E-state index in [2.05, 4.69) is 69.3 Å². The second-order valence-corrected chi connectivity index (χ2v) is 19.9. The number of aryl methyl sites for hydroxylation is 2. The number of likely N-dealkylation sites (N-methyl/N-ethyl adjacent to an activating group) is 2. The number of hydrogen-bond donors (Lipinski definition) is 1. The first-order valence-corrected chi connectivity index (χ1v) is 26.0. The molecule has 2 unspecified atom stereocenters. The standard InChI is InChI=1S/C33H35F6N5O2.C26H37N5O/c1-41(2)31(40-29(45)25-12-8-5-9-13-25)44-18-16-43(17-19-44)28(24-10-6-4-7-11-24)30(46)42(3)15-14-23-20-26(32(34,35)36)22-27(21-23)33(37,38)39;1-20-17-21(2)19-22(18-20)11-12-29(5)25(32)24(23-9-7-6-8-10-23)30-13-15-31(16-14-30)26(27-3)28-4/h4-13,20-22,28H,14-19H2,1-3H3;6-10,17-19,24H,11-16H2,1-5H3,(H,27,28). The average Bonchev–Trinajstić information content (AvgIpc) is 3.44. The predicted octanol–water partition coefficient (Wildman–Crippen LogP) is 8.71. The van der Waals surface area contributed by atoms with E-state index in [1.54, 1.807) is 74.6 Å². The summed E-state index contributed by atoms with van der Waals surface area (Å²) in [4.78, 5) is 62.5. The van der Waals surface area contributed by atoms with Crippen molar-refractivity contribution in [3.63, 3.8) is 0 Å². The Balaban J connectivity index is 0.000000269. The molecule has 78 heavy (non-hydrogen) atoms. The van der Waals surface area contributed by atoms with Crippen LogP contribution < -0.4 is 5.32 Å². The zero-order chi connectivity index (χ0) is 56.7. The first-order chi connectivity index (χ1) is 37.1. The normalized spacial score (nSPS) is 15.7. The number of guanidine groups is 2. The molecule has 2 atom stereocenters. The summed E-state index contributed by atoms with van der Waals surface area (Å²) >= 11 is 0. The van der Waals surface area contributed by atoms with Gasteiger partial charge in [0.25, 0.3) is 5.91 Å². The van der Waals surface area contributed by atoms with Crippen molar-refractivity contribution in [2.24, 2.45) is 9.98 Å². The maximum Gasteiger partial charge on any atom is 0.416 e. The van der Waals surface area contributed by atoms with Crippen LogP contribution in [-0.4, -0.2) is 172 Å². The van der Waals surface area contributed by atoms with E-state index in [1.165, 1.54) is 28.6 Å². The van der Waals surface area contributed by atoms with E-state index in [9.17, 15) is 40.7 Å². The summed E-state index contributed by atoms with van der Waals surface area (Å²) < 4.78 is 80.1. The number of halogens is 6. The van der Waals surface area contributed by atoms with Gasteiger partial charge in [0.15, 0.2) is 5.96 Å². The van der Waals surface area contributed by atoms with Gasteiger partial charge in [-0.1, -0.05) is 108 Å². The van der Waals surface area contributed by atoms with Crippen LogP contribution in [0.1, 0.15) is 66.9 Å². The predicted molar refractivity (Wildman–Crippen MR) is 294 cm³/mol. The summed E-state index contributed by atoms with van der Waals surface area (Å²) in [6.07, 6.45) is -9.25. The zero-order valence-electron chi connectivity index (χ0n) is 45.8. The number of carbonyl (C=O) groups excluding carboxylic acids is 3. The van der Waals surface area contributed by atoms with E-state index in [0.29, 0.717) is 61.9 Å². The molecule has 2 saturated heterocycles. The third kappa shape index (κ3) is 16.4. The third-order valence-electron chi connectivity index (χ3n) is 13.9. The SMILES string of the molecule is CN(C)C(=NC(=O)c1ccccc1)N1CCN(C(C(=O)N(C)CCc2cc(C(F)(F)F)cc(C(F)(F)F)c2)c2ccccc2)CC1.CN=C(NC)N1CCN(C(C(=O)N(C)CCc2cc(C)cc(C)c2)c2ccccc2)CC1. The number of nitrogens with one attached hydrogen (secondary N) is 1. The van der Waals surface area contributed by atoms with Crippen LogP contribution in [0, 0.1) is 13.8 Å². The lowest BCUT2D eigenvalue weighted by atomic mass is 10.0. The molecule has 2 heterocycles. The molecule has 5 aromatic carbocycles. The molecule has 0 radical (unpaired) electrons. The van der Waals surface area contributed by atoms with E-state index < -0.39 is 29.5 Å². The topological polar surface area (TPSA) is 111 Å². The number of hydrogen-bond acceptors (Lipinski definition) is 6. The summed E-state index contributed by atoms with van der Waals surface area (Å²) in [5, 5.41) is 3.16. The molecule has 0 spiro atoms. The van der Waals surface area contributed by atoms with Crippen molar-refractivity contribution in [2.75, 3.05) is 108 Å². The highest BCUT2D eigenvalue weighted by atomic mass is 19.4. The Morgan fingerprint density at radius 1 is 0.564 bits per heavy atom. The summed E-state index contributed by atoms with van der Waals surface area (Å²) in [5.41, 5.74) is 3.08. The van der Waals surface area contributed by atoms with Crippen LogP contribution in [0.15, 0.2) is 137 Å². The van der Waals surface area contributed by atoms with E-state index in [4.69, 9.17) is 0 Å². The fourth-order valence-corrected chi connectivity index (χ4v) is 9.87. The van der Waals surface area contributed by atoms with E-state index in [1.807, 2.05) is 59.1 Å². The van der Waals surface area contributed by atoms with Crippen molar-refractivity contribution in [2.45, 2.75) is 51.1 Å². The largest absolute Gasteiger partial charge is 0.416 e. The van der Waals surface area contributed by atoms with Crippen LogP contribution in [0.4, 0.5) is 26.3 Å². The summed E-state index contributed by atoms with van der Waals surface area (Å²) in [7, 11) is 10.7. The second-order valence-electron chi connectivity index (χ2n) is 19.9. The lowest BCUT2D eigenvalue weighted by Gasteiger charge is -2.41. The molecule has 1 N–H and O–H groups in total. The highest BCUT2D eigenvalue weighted by Crippen LogP contribution is 2.37. The van der Waals surface area contributed by atoms with Crippen molar-refractivity contribution in [3.05, 3.63) is 177 Å². The van der Waals surface area contributed by atoms with Crippen LogP contribution in [0.2, 0.25) is 0 Å². The van der Waals surface area contributed by atoms with Crippen molar-refractivity contribution in [1.82, 2.24) is 39.6 Å². The van der Waals surface area contributed by atoms with Crippen LogP contribution >= 0.6 is 0 Å². The van der Waals surface area contributed by atoms with E-state index >= 15 is 0 Å². The summed E-state index contributed by atoms with van der Waals surface area (Å²) in [5.74, 6) is 0.814. The molecule has 418 valence electrons. The van der Waals surface area contributed by atoms with Crippen molar-refractivity contribution >= 4 is 29.6 Å². The Bertz CT molecular complexity index is 2760. The van der Waals surface area contributed by atoms with Gasteiger partial charge in [0.05, 0.1) is 11.1 Å². The van der Waals surface area contributed by atoms with Gasteiger partial charge in [0, 0.05) is 113 Å². The monoisotopic (exact) mass is 1080 g/mol. The van der Waals surface area contributed by atoms with Crippen LogP contribution in [-0.2, 0) is 34.8 Å². The lowest BCUT2D eigenvalue weighted by molar-refractivity contribution is -0.143. The molecule has 19 heteroatoms. The molecule has 13 nitrogen and oxygen atoms in total. The van der Waals surface area contributed by atoms with Gasteiger partial charge < -0.3 is 29.8 Å². The number of amides is 3. The van der Waals surface area contributed by atoms with Gasteiger partial charge in [-0.15, -0.1) is 0 Å². The number of aliphatic imine (C=N–C) groups is 2. The van der Waals surface area contributed by atoms with Gasteiger partial charge in [0.2, 0.25) is 17.8 Å². The number of nitrogens with zero attached hydrogens (tertiary/aromatic N) is 9. The average molecular weight is 1080 g/mol. The van der Waals surface area contributed by atoms with Crippen LogP contribution in [0.25, 0.3) is 0 Å². The van der Waals surface area contributed by atoms with Crippen molar-refractivity contribution in [3.8, 4) is 0 Å². The smallest absolute Gasteiger partial charge is 0.359 e. The first-order valence-electron chi connectivity index (χ1n) is 26.0. The Labute approximate surface area is 454 Å². The molecule has 7 rings (SSSR count). The zero-order valence-corrected chi connectivity index (χ0v) is 45.8. The molecule has 2 aliphatic rings. The summed E-state index contributed by atoms with van der Waals surface area (Å²) in [6.45, 7) is 9.92. The van der Waals surface area contributed by atoms with Crippen LogP contribution in [0.3, 0.4) is 0 Å². The number of carbonyl (C=O) groups is 3. The minimum Gasteiger partial charge on any atom is -0.359 e. The second kappa shape index (κ2) is 27.4. The number of piperazine rings is 2. The Kier molecular flexibility index (Phi) is 21.0. The fraction of sp³-hybridized carbons (Fsp3) is 0.407. The minimum absolute atomic E-state index is 0.0907. The highest BCUT2D eigenvalue weighted by Gasteiger charge is 2.38. The molecule has 0 aromatic heterocycles. The lowest BCUT2D eigenvalue weighted by Crippen LogP contribution is -2.55. The van der Waals surface area contributed by atoms with Gasteiger partial charge in [-0.05, 0) is 79.3 Å². The molecule has 2 aliphatic heterocycles. The Hall–Kier alpha value is -7.25. The number of rotatable bonds is 13. The van der Waals surface area contributed by atoms with Gasteiger partial charge in [0.1, 0.15) is 12.1 Å². The molecule has 2 fully saturated rings. The van der Waals surface area contributed by atoms with Gasteiger partial charge in [-0.3, -0.25) is 29.2 Å². The number of benzene rings is 5. The molecular formula is C59H72F6N10O3. The molecule has 5 aromatic rings. The quantitative estimate of drug-likeness (QED) is 0.0704. The molecule has 0 bridgehead atoms. The highest BCUT2D eigenvalue weighted by molar-refractivity contribution is 6.02. The molecule has 3 amide bonds. The van der Waals surface area contributed by atoms with Gasteiger partial charge >= 0.3 is 12.4 Å². The molecular weight excluding hydrogens is 1010 g/mol. The minimum atomic E-state index is -4.95. The Morgan fingerprint density at radius 2 is 0.962 bits per heavy atom. The third-order valence-corrected chi connectivity index (χ3v) is 13.9. The molecule has 0 saturated carbocycles. The maximum atomic E-state index is 13.9. The summed E-state index contributed by atoms with van der Waals surface area (Å²) in [6, 6.07) is 34.9.